The highest BCUT2D eigenvalue weighted by Gasteiger charge is 2.33. The third-order valence-electron chi connectivity index (χ3n) is 5.93. The maximum atomic E-state index is 2.41. The van der Waals surface area contributed by atoms with Gasteiger partial charge in [-0.15, -0.1) is 0 Å². The van der Waals surface area contributed by atoms with Crippen molar-refractivity contribution in [2.24, 2.45) is 0 Å². The summed E-state index contributed by atoms with van der Waals surface area (Å²) in [5.41, 5.74) is 0. The number of benzene rings is 4. The molecule has 4 aromatic rings. The van der Waals surface area contributed by atoms with Crippen LogP contribution in [0.15, 0.2) is 121 Å². The maximum Gasteiger partial charge on any atom is -0.00986 e. The van der Waals surface area contributed by atoms with E-state index in [1.165, 1.54) is 48.9 Å². The monoisotopic (exact) mass is 500 g/mol. The van der Waals surface area contributed by atoms with E-state index in [0.29, 0.717) is 0 Å². The van der Waals surface area contributed by atoms with Crippen LogP contribution in [0.2, 0.25) is 0 Å². The van der Waals surface area contributed by atoms with E-state index < -0.39 is 14.9 Å². The Morgan fingerprint density at radius 2 is 0.853 bits per heavy atom. The highest BCUT2D eigenvalue weighted by Crippen LogP contribution is 2.84. The van der Waals surface area contributed by atoms with E-state index in [0.717, 1.165) is 0 Å². The molecule has 174 valence electrons. The molecule has 0 radical (unpaired) electrons. The minimum atomic E-state index is -0.487. The first kappa shape index (κ1) is 25.3. The van der Waals surface area contributed by atoms with Crippen molar-refractivity contribution in [3.63, 3.8) is 0 Å². The van der Waals surface area contributed by atoms with Crippen molar-refractivity contribution in [2.75, 3.05) is 6.16 Å². The summed E-state index contributed by atoms with van der Waals surface area (Å²) in [5, 5.41) is 6.14. The van der Waals surface area contributed by atoms with Gasteiger partial charge in [0, 0.05) is 0 Å². The van der Waals surface area contributed by atoms with Gasteiger partial charge in [0.05, 0.1) is 0 Å². The zero-order valence-electron chi connectivity index (χ0n) is 20.1. The number of hydrogen-bond acceptors (Lipinski definition) is 0. The van der Waals surface area contributed by atoms with E-state index in [1.807, 2.05) is 0 Å². The minimum Gasteiger partial charge on any atom is -0.0654 e. The van der Waals surface area contributed by atoms with Crippen molar-refractivity contribution in [3.05, 3.63) is 121 Å². The fourth-order valence-electron chi connectivity index (χ4n) is 4.23. The third kappa shape index (κ3) is 6.86. The van der Waals surface area contributed by atoms with Gasteiger partial charge in [0.2, 0.25) is 0 Å². The molecule has 4 aromatic carbocycles. The summed E-state index contributed by atoms with van der Waals surface area (Å²) in [4.78, 5) is 0. The van der Waals surface area contributed by atoms with Gasteiger partial charge in [-0.2, -0.15) is 0 Å². The summed E-state index contributed by atoms with van der Waals surface area (Å²) in [6, 6.07) is 45.6. The molecule has 3 heteroatoms. The lowest BCUT2D eigenvalue weighted by atomic mass is 10.2. The first-order valence-electron chi connectivity index (χ1n) is 12.5. The fourth-order valence-corrected chi connectivity index (χ4v) is 21.4. The largest absolute Gasteiger partial charge is 0.0654 e. The molecule has 0 amide bonds. The normalized spacial score (nSPS) is 13.0. The summed E-state index contributed by atoms with van der Waals surface area (Å²) < 4.78 is 0. The Kier molecular flexibility index (Phi) is 10.3. The summed E-state index contributed by atoms with van der Waals surface area (Å²) in [6.45, 7) is 2.30. The second-order valence-corrected chi connectivity index (χ2v) is 19.0. The van der Waals surface area contributed by atoms with E-state index >= 15 is 0 Å². The SMILES string of the molecule is CCCCCCCP(c1ccccc1)P(c1ccccc1)P(c1ccccc1)c1ccccc1. The molecular formula is C31H35P3. The van der Waals surface area contributed by atoms with E-state index in [2.05, 4.69) is 128 Å². The van der Waals surface area contributed by atoms with Crippen LogP contribution in [0, 0.1) is 0 Å². The molecule has 2 atom stereocenters. The van der Waals surface area contributed by atoms with E-state index in [9.17, 15) is 0 Å². The third-order valence-corrected chi connectivity index (χ3v) is 20.9. The summed E-state index contributed by atoms with van der Waals surface area (Å²) in [6.07, 6.45) is 8.03. The van der Waals surface area contributed by atoms with Crippen LogP contribution >= 0.6 is 22.5 Å². The van der Waals surface area contributed by atoms with E-state index in [-0.39, 0.29) is 7.61 Å². The molecule has 0 saturated carbocycles. The van der Waals surface area contributed by atoms with Crippen LogP contribution in [0.4, 0.5) is 0 Å². The predicted octanol–water partition coefficient (Wildman–Crippen LogP) is 8.53. The zero-order chi connectivity index (χ0) is 23.4. The molecule has 4 rings (SSSR count). The molecule has 0 fully saturated rings. The van der Waals surface area contributed by atoms with Crippen LogP contribution in [-0.2, 0) is 0 Å². The molecule has 0 aliphatic carbocycles. The van der Waals surface area contributed by atoms with Crippen molar-refractivity contribution in [1.82, 2.24) is 0 Å². The van der Waals surface area contributed by atoms with Crippen molar-refractivity contribution in [2.45, 2.75) is 39.0 Å². The van der Waals surface area contributed by atoms with Crippen LogP contribution in [0.1, 0.15) is 39.0 Å². The Bertz CT molecular complexity index is 1030. The van der Waals surface area contributed by atoms with Gasteiger partial charge in [0.1, 0.15) is 0 Å². The van der Waals surface area contributed by atoms with Crippen LogP contribution in [0.3, 0.4) is 0 Å². The molecule has 34 heavy (non-hydrogen) atoms. The van der Waals surface area contributed by atoms with Gasteiger partial charge < -0.3 is 0 Å². The first-order chi connectivity index (χ1) is 16.9. The van der Waals surface area contributed by atoms with Crippen molar-refractivity contribution < 1.29 is 0 Å². The summed E-state index contributed by atoms with van der Waals surface area (Å²) in [7, 11) is -1.20. The standard InChI is InChI=1S/C31H35P3/c1-2-3-4-5-18-27-32(28-19-10-6-11-20-28)34(31-25-16-9-17-26-31)33(29-21-12-7-13-22-29)30-23-14-8-15-24-30/h6-17,19-26H,2-5,18,27H2,1H3. The molecule has 0 heterocycles. The lowest BCUT2D eigenvalue weighted by molar-refractivity contribution is 0.659. The molecule has 0 bridgehead atoms. The van der Waals surface area contributed by atoms with Gasteiger partial charge in [0.25, 0.3) is 0 Å². The highest BCUT2D eigenvalue weighted by molar-refractivity contribution is 8.67. The predicted molar refractivity (Wildman–Crippen MR) is 159 cm³/mol. The molecule has 0 aromatic heterocycles. The molecule has 0 nitrogen and oxygen atoms in total. The lowest BCUT2D eigenvalue weighted by Crippen LogP contribution is -2.16. The molecule has 0 saturated heterocycles. The molecule has 2 unspecified atom stereocenters. The maximum absolute atomic E-state index is 2.41. The molecule has 0 spiro atoms. The van der Waals surface area contributed by atoms with Gasteiger partial charge in [-0.3, -0.25) is 0 Å². The highest BCUT2D eigenvalue weighted by atomic mass is 32.5. The number of hydrogen-bond donors (Lipinski definition) is 0. The van der Waals surface area contributed by atoms with Gasteiger partial charge >= 0.3 is 0 Å². The first-order valence-corrected chi connectivity index (χ1v) is 18.1. The Morgan fingerprint density at radius 3 is 1.32 bits per heavy atom. The summed E-state index contributed by atoms with van der Waals surface area (Å²) in [5.74, 6) is 0. The topological polar surface area (TPSA) is 0 Å². The quantitative estimate of drug-likeness (QED) is 0.135. The average Bonchev–Trinajstić information content (AvgIpc) is 2.92. The number of unbranched alkanes of at least 4 members (excludes halogenated alkanes) is 4. The Labute approximate surface area is 209 Å². The van der Waals surface area contributed by atoms with Crippen molar-refractivity contribution >= 4 is 43.7 Å². The second kappa shape index (κ2) is 13.9. The van der Waals surface area contributed by atoms with Crippen LogP contribution < -0.4 is 21.2 Å². The molecule has 0 aliphatic heterocycles. The average molecular weight is 501 g/mol. The van der Waals surface area contributed by atoms with Crippen LogP contribution in [-0.4, -0.2) is 6.16 Å². The molecule has 0 aliphatic rings. The van der Waals surface area contributed by atoms with Gasteiger partial charge in [-0.25, -0.2) is 0 Å². The summed E-state index contributed by atoms with van der Waals surface area (Å²) >= 11 is 0. The van der Waals surface area contributed by atoms with Crippen LogP contribution in [0.5, 0.6) is 0 Å². The zero-order valence-corrected chi connectivity index (χ0v) is 22.8. The Morgan fingerprint density at radius 1 is 0.441 bits per heavy atom. The number of rotatable bonds is 12. The van der Waals surface area contributed by atoms with Gasteiger partial charge in [-0.05, 0) is 56.3 Å². The van der Waals surface area contributed by atoms with Gasteiger partial charge in [-0.1, -0.05) is 154 Å². The fraction of sp³-hybridized carbons (Fsp3) is 0.226. The smallest absolute Gasteiger partial charge is 0.00986 e. The van der Waals surface area contributed by atoms with Crippen molar-refractivity contribution in [3.8, 4) is 0 Å². The van der Waals surface area contributed by atoms with E-state index in [1.54, 1.807) is 10.6 Å². The van der Waals surface area contributed by atoms with Crippen LogP contribution in [0.25, 0.3) is 0 Å². The Hall–Kier alpha value is -1.83. The van der Waals surface area contributed by atoms with Gasteiger partial charge in [0.15, 0.2) is 0 Å². The lowest BCUT2D eigenvalue weighted by Gasteiger charge is -2.36. The molecular weight excluding hydrogens is 465 g/mol. The second-order valence-electron chi connectivity index (χ2n) is 8.48. The minimum absolute atomic E-state index is 0.309. The van der Waals surface area contributed by atoms with Crippen molar-refractivity contribution in [1.29, 1.82) is 0 Å². The Balaban J connectivity index is 1.81. The van der Waals surface area contributed by atoms with E-state index in [4.69, 9.17) is 0 Å². The molecule has 0 N–H and O–H groups in total.